The van der Waals surface area contributed by atoms with E-state index in [4.69, 9.17) is 18.9 Å². The molecule has 9 nitrogen and oxygen atoms in total. The number of methoxy groups -OCH3 is 2. The third kappa shape index (κ3) is 6.26. The van der Waals surface area contributed by atoms with Gasteiger partial charge in [-0.3, -0.25) is 4.79 Å². The van der Waals surface area contributed by atoms with E-state index in [-0.39, 0.29) is 18.0 Å². The van der Waals surface area contributed by atoms with Crippen molar-refractivity contribution in [1.82, 2.24) is 9.80 Å². The summed E-state index contributed by atoms with van der Waals surface area (Å²) in [7, 11) is 2.75. The van der Waals surface area contributed by atoms with E-state index in [9.17, 15) is 14.4 Å². The van der Waals surface area contributed by atoms with Crippen LogP contribution < -0.4 is 9.47 Å². The summed E-state index contributed by atoms with van der Waals surface area (Å²) >= 11 is 0. The molecule has 0 saturated carbocycles. The van der Waals surface area contributed by atoms with Crippen LogP contribution in [0.25, 0.3) is 0 Å². The van der Waals surface area contributed by atoms with Gasteiger partial charge in [0.2, 0.25) is 0 Å². The molecule has 2 amide bonds. The summed E-state index contributed by atoms with van der Waals surface area (Å²) < 4.78 is 21.3. The molecule has 0 aromatic heterocycles. The number of amides is 2. The van der Waals surface area contributed by atoms with Crippen LogP contribution in [-0.4, -0.2) is 79.4 Å². The summed E-state index contributed by atoms with van der Waals surface area (Å²) in [4.78, 5) is 40.3. The van der Waals surface area contributed by atoms with Crippen molar-refractivity contribution in [3.63, 3.8) is 0 Å². The van der Waals surface area contributed by atoms with Crippen LogP contribution in [-0.2, 0) is 14.3 Å². The molecular weight excluding hydrogens is 404 g/mol. The maximum atomic E-state index is 13.0. The molecule has 1 aliphatic rings. The summed E-state index contributed by atoms with van der Waals surface area (Å²) in [6.07, 6.45) is -1.17. The van der Waals surface area contributed by atoms with Gasteiger partial charge in [-0.25, -0.2) is 9.59 Å². The van der Waals surface area contributed by atoms with Gasteiger partial charge in [-0.2, -0.15) is 0 Å². The van der Waals surface area contributed by atoms with Crippen LogP contribution in [0.15, 0.2) is 18.2 Å². The summed E-state index contributed by atoms with van der Waals surface area (Å²) in [6, 6.07) is 4.42. The second-order valence-electron chi connectivity index (χ2n) is 8.42. The van der Waals surface area contributed by atoms with Crippen LogP contribution in [0.1, 0.15) is 45.0 Å². The molecule has 1 aromatic carbocycles. The molecule has 1 aliphatic heterocycles. The predicted octanol–water partition coefficient (Wildman–Crippen LogP) is 2.72. The van der Waals surface area contributed by atoms with Gasteiger partial charge in [-0.15, -0.1) is 0 Å². The number of benzene rings is 1. The Bertz CT molecular complexity index is 819. The standard InChI is InChI=1S/C22H32N2O7/c1-14-13-23(21(27)31-22(3,4)5)10-11-24(14)19(25)15(2)30-17-9-8-16(20(26)29-7)12-18(17)28-6/h8-9,12,14-15H,10-11,13H2,1-7H3/t14-,15?/m1/s1. The summed E-state index contributed by atoms with van der Waals surface area (Å²) in [5.74, 6) is -0.0255. The van der Waals surface area contributed by atoms with E-state index >= 15 is 0 Å². The molecule has 9 heteroatoms. The minimum Gasteiger partial charge on any atom is -0.493 e. The summed E-state index contributed by atoms with van der Waals surface area (Å²) in [6.45, 7) is 10.1. The molecule has 2 rings (SSSR count). The second-order valence-corrected chi connectivity index (χ2v) is 8.42. The molecule has 1 saturated heterocycles. The number of nitrogens with zero attached hydrogens (tertiary/aromatic N) is 2. The van der Waals surface area contributed by atoms with Gasteiger partial charge in [0.1, 0.15) is 5.60 Å². The highest BCUT2D eigenvalue weighted by atomic mass is 16.6. The molecule has 0 N–H and O–H groups in total. The third-order valence-corrected chi connectivity index (χ3v) is 4.80. The average Bonchev–Trinajstić information content (AvgIpc) is 2.71. The first kappa shape index (κ1) is 24.3. The minimum absolute atomic E-state index is 0.191. The molecule has 31 heavy (non-hydrogen) atoms. The Morgan fingerprint density at radius 2 is 1.77 bits per heavy atom. The smallest absolute Gasteiger partial charge is 0.410 e. The maximum Gasteiger partial charge on any atom is 0.410 e. The van der Waals surface area contributed by atoms with Gasteiger partial charge in [0.25, 0.3) is 5.91 Å². The number of esters is 1. The quantitative estimate of drug-likeness (QED) is 0.655. The minimum atomic E-state index is -0.784. The van der Waals surface area contributed by atoms with Crippen LogP contribution in [0.4, 0.5) is 4.79 Å². The molecule has 1 unspecified atom stereocenters. The number of hydrogen-bond donors (Lipinski definition) is 0. The monoisotopic (exact) mass is 436 g/mol. The van der Waals surface area contributed by atoms with E-state index in [0.717, 1.165) is 0 Å². The largest absolute Gasteiger partial charge is 0.493 e. The lowest BCUT2D eigenvalue weighted by Crippen LogP contribution is -2.58. The van der Waals surface area contributed by atoms with Crippen molar-refractivity contribution in [1.29, 1.82) is 0 Å². The van der Waals surface area contributed by atoms with Crippen molar-refractivity contribution < 1.29 is 33.3 Å². The highest BCUT2D eigenvalue weighted by molar-refractivity contribution is 5.90. The Balaban J connectivity index is 2.02. The molecule has 1 aromatic rings. The average molecular weight is 437 g/mol. The van der Waals surface area contributed by atoms with Gasteiger partial charge >= 0.3 is 12.1 Å². The topological polar surface area (TPSA) is 94.6 Å². The second kappa shape index (κ2) is 9.89. The molecule has 172 valence electrons. The first-order valence-corrected chi connectivity index (χ1v) is 10.2. The van der Waals surface area contributed by atoms with Gasteiger partial charge in [0, 0.05) is 25.7 Å². The fraction of sp³-hybridized carbons (Fsp3) is 0.591. The molecule has 0 aliphatic carbocycles. The normalized spacial score (nSPS) is 17.6. The third-order valence-electron chi connectivity index (χ3n) is 4.80. The molecule has 0 bridgehead atoms. The Kier molecular flexibility index (Phi) is 7.75. The van der Waals surface area contributed by atoms with Gasteiger partial charge in [0.05, 0.1) is 19.8 Å². The van der Waals surface area contributed by atoms with E-state index < -0.39 is 17.7 Å². The van der Waals surface area contributed by atoms with E-state index in [1.54, 1.807) is 28.9 Å². The van der Waals surface area contributed by atoms with E-state index in [2.05, 4.69) is 0 Å². The zero-order chi connectivity index (χ0) is 23.3. The molecule has 0 radical (unpaired) electrons. The zero-order valence-electron chi connectivity index (χ0n) is 19.3. The Labute approximate surface area is 183 Å². The highest BCUT2D eigenvalue weighted by Crippen LogP contribution is 2.30. The Hall–Kier alpha value is -2.97. The van der Waals surface area contributed by atoms with Crippen LogP contribution in [0.3, 0.4) is 0 Å². The number of carbonyl (C=O) groups excluding carboxylic acids is 3. The van der Waals surface area contributed by atoms with Crippen LogP contribution >= 0.6 is 0 Å². The molecular formula is C22H32N2O7. The zero-order valence-corrected chi connectivity index (χ0v) is 19.3. The van der Waals surface area contributed by atoms with E-state index in [0.29, 0.717) is 36.7 Å². The lowest BCUT2D eigenvalue weighted by molar-refractivity contribution is -0.142. The lowest BCUT2D eigenvalue weighted by atomic mass is 10.1. The van der Waals surface area contributed by atoms with Crippen molar-refractivity contribution in [2.75, 3.05) is 33.9 Å². The van der Waals surface area contributed by atoms with Gasteiger partial charge < -0.3 is 28.7 Å². The molecule has 1 heterocycles. The molecule has 0 spiro atoms. The van der Waals surface area contributed by atoms with Gasteiger partial charge in [-0.05, 0) is 52.8 Å². The number of ether oxygens (including phenoxy) is 4. The first-order chi connectivity index (χ1) is 14.5. The van der Waals surface area contributed by atoms with Crippen molar-refractivity contribution >= 4 is 18.0 Å². The predicted molar refractivity (Wildman–Crippen MR) is 113 cm³/mol. The Morgan fingerprint density at radius 3 is 2.32 bits per heavy atom. The van der Waals surface area contributed by atoms with Gasteiger partial charge in [0.15, 0.2) is 17.6 Å². The Morgan fingerprint density at radius 1 is 1.10 bits per heavy atom. The van der Waals surface area contributed by atoms with Crippen LogP contribution in [0.2, 0.25) is 0 Å². The van der Waals surface area contributed by atoms with Crippen LogP contribution in [0.5, 0.6) is 11.5 Å². The van der Waals surface area contributed by atoms with E-state index in [1.807, 2.05) is 27.7 Å². The van der Waals surface area contributed by atoms with Crippen molar-refractivity contribution in [2.45, 2.75) is 52.4 Å². The summed E-state index contributed by atoms with van der Waals surface area (Å²) in [5, 5.41) is 0. The van der Waals surface area contributed by atoms with Gasteiger partial charge in [-0.1, -0.05) is 0 Å². The van der Waals surface area contributed by atoms with Crippen molar-refractivity contribution in [2.24, 2.45) is 0 Å². The highest BCUT2D eigenvalue weighted by Gasteiger charge is 2.34. The fourth-order valence-corrected chi connectivity index (χ4v) is 3.26. The first-order valence-electron chi connectivity index (χ1n) is 10.2. The van der Waals surface area contributed by atoms with Crippen molar-refractivity contribution in [3.8, 4) is 11.5 Å². The molecule has 2 atom stereocenters. The molecule has 1 fully saturated rings. The number of hydrogen-bond acceptors (Lipinski definition) is 7. The number of carbonyl (C=O) groups is 3. The lowest BCUT2D eigenvalue weighted by Gasteiger charge is -2.41. The van der Waals surface area contributed by atoms with E-state index in [1.165, 1.54) is 20.3 Å². The fourth-order valence-electron chi connectivity index (χ4n) is 3.26. The number of piperazine rings is 1. The summed E-state index contributed by atoms with van der Waals surface area (Å²) in [5.41, 5.74) is -0.254. The SMILES string of the molecule is COC(=O)c1ccc(OC(C)C(=O)N2CCN(C(=O)OC(C)(C)C)C[C@H]2C)c(OC)c1. The van der Waals surface area contributed by atoms with Crippen LogP contribution in [0, 0.1) is 0 Å². The van der Waals surface area contributed by atoms with Crippen molar-refractivity contribution in [3.05, 3.63) is 23.8 Å². The number of rotatable bonds is 5. The maximum absolute atomic E-state index is 13.0.